The number of carbonyl (C=O) groups excluding carboxylic acids is 1. The summed E-state index contributed by atoms with van der Waals surface area (Å²) in [6.07, 6.45) is 0.343. The van der Waals surface area contributed by atoms with Gasteiger partial charge in [-0.2, -0.15) is 13.2 Å². The molecule has 0 aliphatic rings. The highest BCUT2D eigenvalue weighted by Crippen LogP contribution is 2.26. The zero-order valence-electron chi connectivity index (χ0n) is 9.58. The topological polar surface area (TPSA) is 46.2 Å². The molecule has 1 aromatic carbocycles. The second-order valence-electron chi connectivity index (χ2n) is 3.49. The first-order chi connectivity index (χ1) is 8.34. The maximum atomic E-state index is 12.2. The SMILES string of the molecule is CCC(=O)NCc1ccc(S(=O)C(F)(F)F)cc1. The van der Waals surface area contributed by atoms with Crippen LogP contribution in [0.1, 0.15) is 18.9 Å². The number of carbonyl (C=O) groups is 1. The van der Waals surface area contributed by atoms with Crippen molar-refractivity contribution < 1.29 is 22.2 Å². The molecule has 0 spiro atoms. The molecule has 0 radical (unpaired) electrons. The van der Waals surface area contributed by atoms with E-state index in [9.17, 15) is 22.2 Å². The van der Waals surface area contributed by atoms with Crippen LogP contribution in [0.4, 0.5) is 13.2 Å². The second-order valence-corrected chi connectivity index (χ2v) is 4.96. The molecule has 0 saturated heterocycles. The molecular weight excluding hydrogens is 267 g/mol. The predicted molar refractivity (Wildman–Crippen MR) is 61.0 cm³/mol. The van der Waals surface area contributed by atoms with Gasteiger partial charge in [-0.15, -0.1) is 0 Å². The van der Waals surface area contributed by atoms with E-state index in [1.54, 1.807) is 6.92 Å². The molecule has 1 atom stereocenters. The van der Waals surface area contributed by atoms with Crippen LogP contribution in [0.5, 0.6) is 0 Å². The Morgan fingerprint density at radius 1 is 1.28 bits per heavy atom. The highest BCUT2D eigenvalue weighted by molar-refractivity contribution is 7.86. The maximum absolute atomic E-state index is 12.2. The first-order valence-electron chi connectivity index (χ1n) is 5.19. The van der Waals surface area contributed by atoms with E-state index in [1.165, 1.54) is 12.1 Å². The van der Waals surface area contributed by atoms with E-state index in [0.717, 1.165) is 12.1 Å². The van der Waals surface area contributed by atoms with Crippen LogP contribution >= 0.6 is 0 Å². The van der Waals surface area contributed by atoms with Gasteiger partial charge in [0.15, 0.2) is 10.8 Å². The molecule has 0 aliphatic carbocycles. The Morgan fingerprint density at radius 2 is 1.83 bits per heavy atom. The Balaban J connectivity index is 2.69. The Morgan fingerprint density at radius 3 is 2.28 bits per heavy atom. The third-order valence-electron chi connectivity index (χ3n) is 2.16. The maximum Gasteiger partial charge on any atom is 0.475 e. The molecule has 0 aliphatic heterocycles. The Labute approximate surface area is 105 Å². The smallest absolute Gasteiger partial charge is 0.352 e. The van der Waals surface area contributed by atoms with E-state index in [4.69, 9.17) is 0 Å². The van der Waals surface area contributed by atoms with E-state index in [2.05, 4.69) is 5.32 Å². The van der Waals surface area contributed by atoms with Crippen LogP contribution in [0.25, 0.3) is 0 Å². The number of rotatable bonds is 4. The minimum absolute atomic E-state index is 0.141. The van der Waals surface area contributed by atoms with Crippen LogP contribution in [0, 0.1) is 0 Å². The van der Waals surface area contributed by atoms with Crippen molar-refractivity contribution in [1.82, 2.24) is 5.32 Å². The lowest BCUT2D eigenvalue weighted by molar-refractivity contribution is -0.120. The second kappa shape index (κ2) is 5.99. The van der Waals surface area contributed by atoms with Gasteiger partial charge < -0.3 is 5.32 Å². The molecule has 1 aromatic rings. The molecule has 0 aromatic heterocycles. The molecular formula is C11H12F3NO2S. The molecule has 18 heavy (non-hydrogen) atoms. The first kappa shape index (κ1) is 14.7. The summed E-state index contributed by atoms with van der Waals surface area (Å²) in [6.45, 7) is 1.94. The molecule has 1 unspecified atom stereocenters. The molecule has 1 rings (SSSR count). The number of amides is 1. The van der Waals surface area contributed by atoms with Crippen LogP contribution in [0.15, 0.2) is 29.2 Å². The van der Waals surface area contributed by atoms with Gasteiger partial charge in [0, 0.05) is 17.9 Å². The Hall–Kier alpha value is -1.37. The molecule has 0 bridgehead atoms. The minimum Gasteiger partial charge on any atom is -0.352 e. The van der Waals surface area contributed by atoms with Gasteiger partial charge in [-0.25, -0.2) is 4.21 Å². The highest BCUT2D eigenvalue weighted by atomic mass is 32.2. The molecule has 0 fully saturated rings. The summed E-state index contributed by atoms with van der Waals surface area (Å²) in [5.41, 5.74) is -4.10. The summed E-state index contributed by atoms with van der Waals surface area (Å²) in [7, 11) is -3.01. The minimum atomic E-state index is -4.75. The fraction of sp³-hybridized carbons (Fsp3) is 0.364. The fourth-order valence-corrected chi connectivity index (χ4v) is 1.84. The lowest BCUT2D eigenvalue weighted by atomic mass is 10.2. The summed E-state index contributed by atoms with van der Waals surface area (Å²) >= 11 is 0. The van der Waals surface area contributed by atoms with E-state index in [0.29, 0.717) is 12.0 Å². The number of halogens is 3. The summed E-state index contributed by atoms with van der Waals surface area (Å²) in [5.74, 6) is -0.141. The van der Waals surface area contributed by atoms with Crippen molar-refractivity contribution in [2.75, 3.05) is 0 Å². The van der Waals surface area contributed by atoms with E-state index < -0.39 is 16.3 Å². The largest absolute Gasteiger partial charge is 0.475 e. The van der Waals surface area contributed by atoms with Crippen molar-refractivity contribution in [1.29, 1.82) is 0 Å². The number of nitrogens with one attached hydrogen (secondary N) is 1. The molecule has 0 saturated carbocycles. The number of benzene rings is 1. The van der Waals surface area contributed by atoms with Crippen molar-refractivity contribution in [3.8, 4) is 0 Å². The summed E-state index contributed by atoms with van der Waals surface area (Å²) < 4.78 is 47.5. The van der Waals surface area contributed by atoms with Gasteiger partial charge >= 0.3 is 5.51 Å². The zero-order valence-corrected chi connectivity index (χ0v) is 10.4. The third kappa shape index (κ3) is 4.14. The lowest BCUT2D eigenvalue weighted by Crippen LogP contribution is -2.21. The molecule has 7 heteroatoms. The first-order valence-corrected chi connectivity index (χ1v) is 6.33. The van der Waals surface area contributed by atoms with Crippen molar-refractivity contribution >= 4 is 16.7 Å². The zero-order chi connectivity index (χ0) is 13.8. The normalized spacial score (nSPS) is 13.1. The van der Waals surface area contributed by atoms with E-state index in [-0.39, 0.29) is 17.3 Å². The van der Waals surface area contributed by atoms with Gasteiger partial charge in [-0.05, 0) is 17.7 Å². The Bertz CT molecular complexity index is 443. The summed E-state index contributed by atoms with van der Waals surface area (Å²) in [4.78, 5) is 10.7. The lowest BCUT2D eigenvalue weighted by Gasteiger charge is -2.07. The molecule has 3 nitrogen and oxygen atoms in total. The van der Waals surface area contributed by atoms with Crippen molar-refractivity contribution in [2.45, 2.75) is 30.3 Å². The van der Waals surface area contributed by atoms with Gasteiger partial charge in [0.25, 0.3) is 0 Å². The van der Waals surface area contributed by atoms with Gasteiger partial charge in [0.2, 0.25) is 5.91 Å². The highest BCUT2D eigenvalue weighted by Gasteiger charge is 2.37. The number of hydrogen-bond donors (Lipinski definition) is 1. The predicted octanol–water partition coefficient (Wildman–Crippen LogP) is 2.34. The van der Waals surface area contributed by atoms with E-state index >= 15 is 0 Å². The van der Waals surface area contributed by atoms with Gasteiger partial charge in [0.05, 0.1) is 0 Å². The van der Waals surface area contributed by atoms with Crippen LogP contribution in [0.2, 0.25) is 0 Å². The van der Waals surface area contributed by atoms with E-state index in [1.807, 2.05) is 0 Å². The fourth-order valence-electron chi connectivity index (χ4n) is 1.19. The standard InChI is InChI=1S/C11H12F3NO2S/c1-2-10(16)15-7-8-3-5-9(6-4-8)18(17)11(12,13)14/h3-6H,2,7H2,1H3,(H,15,16). The van der Waals surface area contributed by atoms with Gasteiger partial charge in [0.1, 0.15) is 0 Å². The molecule has 0 heterocycles. The van der Waals surface area contributed by atoms with Crippen LogP contribution in [0.3, 0.4) is 0 Å². The van der Waals surface area contributed by atoms with Gasteiger partial charge in [-0.3, -0.25) is 4.79 Å². The summed E-state index contributed by atoms with van der Waals surface area (Å²) in [5, 5.41) is 2.59. The quantitative estimate of drug-likeness (QED) is 0.919. The Kier molecular flexibility index (Phi) is 4.89. The molecule has 100 valence electrons. The van der Waals surface area contributed by atoms with Crippen LogP contribution in [-0.2, 0) is 22.1 Å². The third-order valence-corrected chi connectivity index (χ3v) is 3.28. The van der Waals surface area contributed by atoms with Gasteiger partial charge in [-0.1, -0.05) is 19.1 Å². The monoisotopic (exact) mass is 279 g/mol. The number of hydrogen-bond acceptors (Lipinski definition) is 2. The molecule has 1 amide bonds. The summed E-state index contributed by atoms with van der Waals surface area (Å²) in [6, 6.07) is 5.12. The van der Waals surface area contributed by atoms with Crippen LogP contribution < -0.4 is 5.32 Å². The van der Waals surface area contributed by atoms with Crippen LogP contribution in [-0.4, -0.2) is 15.6 Å². The number of alkyl halides is 3. The van der Waals surface area contributed by atoms with Crippen molar-refractivity contribution in [3.05, 3.63) is 29.8 Å². The van der Waals surface area contributed by atoms with Crippen molar-refractivity contribution in [2.24, 2.45) is 0 Å². The average Bonchev–Trinajstić information content (AvgIpc) is 2.34. The van der Waals surface area contributed by atoms with Crippen molar-refractivity contribution in [3.63, 3.8) is 0 Å². The average molecular weight is 279 g/mol. The molecule has 1 N–H and O–H groups in total.